The predicted molar refractivity (Wildman–Crippen MR) is 101 cm³/mol. The average Bonchev–Trinajstić information content (AvgIpc) is 2.58. The summed E-state index contributed by atoms with van der Waals surface area (Å²) in [5.74, 6) is 0.560. The van der Waals surface area contributed by atoms with Gasteiger partial charge in [-0.2, -0.15) is 16.8 Å². The van der Waals surface area contributed by atoms with Crippen LogP contribution in [-0.2, 0) is 20.2 Å². The highest BCUT2D eigenvalue weighted by Crippen LogP contribution is 2.42. The quantitative estimate of drug-likeness (QED) is 0.393. The summed E-state index contributed by atoms with van der Waals surface area (Å²) in [4.78, 5) is -1.17. The predicted octanol–water partition coefficient (Wildman–Crippen LogP) is 3.48. The topological polar surface area (TPSA) is 118 Å². The Kier molecular flexibility index (Phi) is 3.83. The van der Waals surface area contributed by atoms with E-state index in [2.05, 4.69) is 0 Å². The van der Waals surface area contributed by atoms with Crippen molar-refractivity contribution in [1.29, 1.82) is 0 Å². The zero-order valence-corrected chi connectivity index (χ0v) is 15.6. The molecule has 0 amide bonds. The molecule has 0 aliphatic rings. The van der Waals surface area contributed by atoms with Gasteiger partial charge in [-0.25, -0.2) is 0 Å². The van der Waals surface area contributed by atoms with Gasteiger partial charge < -0.3 is 4.74 Å². The summed E-state index contributed by atoms with van der Waals surface area (Å²) in [6.07, 6.45) is 0. The van der Waals surface area contributed by atoms with Crippen molar-refractivity contribution in [3.8, 4) is 5.75 Å². The summed E-state index contributed by atoms with van der Waals surface area (Å²) in [5.41, 5.74) is 0. The minimum absolute atomic E-state index is 0.159. The SMILES string of the molecule is CCOc1ccc2ccc3c(S(=O)(=O)O)cc(S(=O)(=O)O)c4ccc1c2c34. The number of benzene rings is 4. The van der Waals surface area contributed by atoms with Crippen LogP contribution < -0.4 is 4.74 Å². The Hall–Kier alpha value is -2.46. The Bertz CT molecular complexity index is 1370. The highest BCUT2D eigenvalue weighted by molar-refractivity contribution is 7.87. The van der Waals surface area contributed by atoms with Gasteiger partial charge in [0, 0.05) is 26.9 Å². The molecule has 0 saturated carbocycles. The van der Waals surface area contributed by atoms with E-state index in [0.29, 0.717) is 28.5 Å². The maximum atomic E-state index is 11.9. The Labute approximate surface area is 155 Å². The number of hydrogen-bond acceptors (Lipinski definition) is 5. The van der Waals surface area contributed by atoms with Gasteiger partial charge in [-0.05, 0) is 30.5 Å². The Morgan fingerprint density at radius 2 is 1.30 bits per heavy atom. The van der Waals surface area contributed by atoms with Crippen molar-refractivity contribution >= 4 is 52.6 Å². The zero-order valence-electron chi connectivity index (χ0n) is 14.0. The second-order valence-corrected chi connectivity index (χ2v) is 8.85. The van der Waals surface area contributed by atoms with Crippen molar-refractivity contribution < 1.29 is 30.7 Å². The minimum Gasteiger partial charge on any atom is -0.493 e. The highest BCUT2D eigenvalue weighted by atomic mass is 32.2. The monoisotopic (exact) mass is 406 g/mol. The Morgan fingerprint density at radius 1 is 0.778 bits per heavy atom. The summed E-state index contributed by atoms with van der Waals surface area (Å²) in [6, 6.07) is 10.7. The van der Waals surface area contributed by atoms with E-state index in [4.69, 9.17) is 4.74 Å². The molecule has 0 heterocycles. The van der Waals surface area contributed by atoms with Crippen molar-refractivity contribution in [3.63, 3.8) is 0 Å². The van der Waals surface area contributed by atoms with E-state index in [-0.39, 0.29) is 10.8 Å². The normalized spacial score (nSPS) is 13.0. The van der Waals surface area contributed by atoms with Crippen LogP contribution in [0.2, 0.25) is 0 Å². The summed E-state index contributed by atoms with van der Waals surface area (Å²) < 4.78 is 72.4. The first-order valence-corrected chi connectivity index (χ1v) is 10.8. The maximum absolute atomic E-state index is 11.9. The molecule has 4 aromatic carbocycles. The first kappa shape index (κ1) is 17.9. The third-order valence-electron chi connectivity index (χ3n) is 4.52. The van der Waals surface area contributed by atoms with Crippen molar-refractivity contribution in [2.45, 2.75) is 16.7 Å². The van der Waals surface area contributed by atoms with Crippen molar-refractivity contribution in [2.75, 3.05) is 6.61 Å². The molecule has 140 valence electrons. The molecule has 0 aromatic heterocycles. The van der Waals surface area contributed by atoms with Gasteiger partial charge in [-0.1, -0.05) is 24.3 Å². The van der Waals surface area contributed by atoms with E-state index in [1.54, 1.807) is 24.3 Å². The van der Waals surface area contributed by atoms with Gasteiger partial charge in [0.05, 0.1) is 6.61 Å². The van der Waals surface area contributed by atoms with Crippen LogP contribution in [0.5, 0.6) is 5.75 Å². The van der Waals surface area contributed by atoms with Crippen molar-refractivity contribution in [1.82, 2.24) is 0 Å². The molecule has 7 nitrogen and oxygen atoms in total. The zero-order chi connectivity index (χ0) is 19.6. The first-order chi connectivity index (χ1) is 12.6. The average molecular weight is 406 g/mol. The lowest BCUT2D eigenvalue weighted by molar-refractivity contribution is 0.344. The number of ether oxygens (including phenoxy) is 1. The van der Waals surface area contributed by atoms with Crippen molar-refractivity contribution in [2.24, 2.45) is 0 Å². The third-order valence-corrected chi connectivity index (χ3v) is 6.31. The fourth-order valence-electron chi connectivity index (χ4n) is 3.51. The van der Waals surface area contributed by atoms with Crippen LogP contribution in [0.3, 0.4) is 0 Å². The lowest BCUT2D eigenvalue weighted by atomic mass is 9.94. The summed E-state index contributed by atoms with van der Waals surface area (Å²) in [7, 11) is -9.48. The van der Waals surface area contributed by atoms with Gasteiger partial charge in [-0.15, -0.1) is 0 Å². The molecular formula is C18H14O7S2. The van der Waals surface area contributed by atoms with E-state index >= 15 is 0 Å². The molecule has 0 atom stereocenters. The lowest BCUT2D eigenvalue weighted by Gasteiger charge is -2.17. The van der Waals surface area contributed by atoms with Gasteiger partial charge in [0.1, 0.15) is 15.5 Å². The molecule has 2 N–H and O–H groups in total. The second kappa shape index (κ2) is 5.77. The van der Waals surface area contributed by atoms with Crippen LogP contribution in [0.1, 0.15) is 6.92 Å². The van der Waals surface area contributed by atoms with Crippen LogP contribution in [0.4, 0.5) is 0 Å². The van der Waals surface area contributed by atoms with E-state index in [1.807, 2.05) is 6.92 Å². The summed E-state index contributed by atoms with van der Waals surface area (Å²) in [5, 5.41) is 2.63. The Balaban J connectivity index is 2.36. The van der Waals surface area contributed by atoms with Gasteiger partial charge in [0.25, 0.3) is 20.2 Å². The molecule has 0 aliphatic heterocycles. The molecule has 0 saturated heterocycles. The fourth-order valence-corrected chi connectivity index (χ4v) is 5.02. The number of hydrogen-bond donors (Lipinski definition) is 2. The molecule has 0 unspecified atom stereocenters. The van der Waals surface area contributed by atoms with Crippen LogP contribution in [0, 0.1) is 0 Å². The molecule has 0 fully saturated rings. The highest BCUT2D eigenvalue weighted by Gasteiger charge is 2.25. The van der Waals surface area contributed by atoms with E-state index in [0.717, 1.165) is 11.5 Å². The Morgan fingerprint density at radius 3 is 1.85 bits per heavy atom. The number of rotatable bonds is 4. The smallest absolute Gasteiger partial charge is 0.295 e. The van der Waals surface area contributed by atoms with Gasteiger partial charge >= 0.3 is 0 Å². The van der Waals surface area contributed by atoms with Crippen LogP contribution in [0.15, 0.2) is 52.3 Å². The van der Waals surface area contributed by atoms with E-state index in [9.17, 15) is 25.9 Å². The van der Waals surface area contributed by atoms with Crippen molar-refractivity contribution in [3.05, 3.63) is 42.5 Å². The largest absolute Gasteiger partial charge is 0.493 e. The first-order valence-electron chi connectivity index (χ1n) is 7.95. The molecule has 0 spiro atoms. The molecule has 27 heavy (non-hydrogen) atoms. The third kappa shape index (κ3) is 2.71. The molecule has 0 aliphatic carbocycles. The van der Waals surface area contributed by atoms with Gasteiger partial charge in [-0.3, -0.25) is 9.11 Å². The lowest BCUT2D eigenvalue weighted by Crippen LogP contribution is -2.06. The molecule has 4 rings (SSSR count). The summed E-state index contributed by atoms with van der Waals surface area (Å²) in [6.45, 7) is 2.24. The van der Waals surface area contributed by atoms with Crippen LogP contribution in [0.25, 0.3) is 32.3 Å². The summed E-state index contributed by atoms with van der Waals surface area (Å²) >= 11 is 0. The molecule has 4 aromatic rings. The molecule has 9 heteroatoms. The standard InChI is InChI=1S/C18H14O7S2/c1-2-25-14-8-4-10-3-5-12-15(26(19,20)21)9-16(27(22,23)24)13-7-6-11(14)17(10)18(12)13/h3-9H,2H2,1H3,(H,19,20,21)(H,22,23,24). The second-order valence-electron chi connectivity index (χ2n) is 6.07. The van der Waals surface area contributed by atoms with Crippen LogP contribution >= 0.6 is 0 Å². The van der Waals surface area contributed by atoms with E-state index in [1.165, 1.54) is 12.1 Å². The van der Waals surface area contributed by atoms with Gasteiger partial charge in [0.2, 0.25) is 0 Å². The van der Waals surface area contributed by atoms with Gasteiger partial charge in [0.15, 0.2) is 0 Å². The van der Waals surface area contributed by atoms with E-state index < -0.39 is 30.0 Å². The minimum atomic E-state index is -4.74. The molecular weight excluding hydrogens is 392 g/mol. The molecule has 0 bridgehead atoms. The fraction of sp³-hybridized carbons (Fsp3) is 0.111. The maximum Gasteiger partial charge on any atom is 0.295 e. The molecule has 0 radical (unpaired) electrons. The van der Waals surface area contributed by atoms with Crippen LogP contribution in [-0.4, -0.2) is 32.5 Å².